The molecule has 0 saturated carbocycles. The summed E-state index contributed by atoms with van der Waals surface area (Å²) in [6, 6.07) is 7.17. The first-order chi connectivity index (χ1) is 7.86. The van der Waals surface area contributed by atoms with Crippen molar-refractivity contribution in [2.24, 2.45) is 0 Å². The lowest BCUT2D eigenvalue weighted by atomic mass is 10.1. The van der Waals surface area contributed by atoms with E-state index in [-0.39, 0.29) is 5.75 Å². The van der Waals surface area contributed by atoms with Gasteiger partial charge >= 0.3 is 5.97 Å². The van der Waals surface area contributed by atoms with E-state index in [2.05, 4.69) is 0 Å². The predicted octanol–water partition coefficient (Wildman–Crippen LogP) is 1.64. The minimum Gasteiger partial charge on any atom is -0.480 e. The number of hydrogen-bond donors (Lipinski definition) is 1. The molecule has 1 N–H and O–H groups in total. The highest BCUT2D eigenvalue weighted by Crippen LogP contribution is 2.13. The van der Waals surface area contributed by atoms with Crippen LogP contribution in [0.25, 0.3) is 0 Å². The zero-order chi connectivity index (χ0) is 13.1. The Morgan fingerprint density at radius 2 is 1.71 bits per heavy atom. The van der Waals surface area contributed by atoms with Gasteiger partial charge in [-0.25, -0.2) is 8.42 Å². The first-order valence-corrected chi connectivity index (χ1v) is 7.10. The maximum Gasteiger partial charge on any atom is 0.321 e. The van der Waals surface area contributed by atoms with Gasteiger partial charge in [0.25, 0.3) is 0 Å². The third-order valence-corrected chi connectivity index (χ3v) is 4.70. The molecule has 1 atom stereocenters. The van der Waals surface area contributed by atoms with Gasteiger partial charge in [-0.3, -0.25) is 4.79 Å². The Morgan fingerprint density at radius 1 is 1.24 bits per heavy atom. The van der Waals surface area contributed by atoms with E-state index in [4.69, 9.17) is 5.11 Å². The van der Waals surface area contributed by atoms with Crippen molar-refractivity contribution in [3.05, 3.63) is 35.4 Å². The SMILES string of the molecule is CCc1ccc(CS(=O)(=O)C(C)C(=O)O)cc1. The number of benzene rings is 1. The Balaban J connectivity index is 2.86. The van der Waals surface area contributed by atoms with Gasteiger partial charge in [0, 0.05) is 0 Å². The van der Waals surface area contributed by atoms with Crippen molar-refractivity contribution in [2.45, 2.75) is 31.3 Å². The molecule has 0 amide bonds. The van der Waals surface area contributed by atoms with Crippen molar-refractivity contribution >= 4 is 15.8 Å². The second-order valence-electron chi connectivity index (χ2n) is 3.96. The van der Waals surface area contributed by atoms with E-state index < -0.39 is 21.1 Å². The standard InChI is InChI=1S/C12H16O4S/c1-3-10-4-6-11(7-5-10)8-17(15,16)9(2)12(13)14/h4-7,9H,3,8H2,1-2H3,(H,13,14). The number of sulfone groups is 1. The molecular formula is C12H16O4S. The second kappa shape index (κ2) is 5.31. The number of carboxylic acid groups (broad SMARTS) is 1. The quantitative estimate of drug-likeness (QED) is 0.869. The number of carbonyl (C=O) groups is 1. The summed E-state index contributed by atoms with van der Waals surface area (Å²) in [6.45, 7) is 3.20. The first-order valence-electron chi connectivity index (χ1n) is 5.39. The van der Waals surface area contributed by atoms with Gasteiger partial charge in [0.1, 0.15) is 0 Å². The smallest absolute Gasteiger partial charge is 0.321 e. The van der Waals surface area contributed by atoms with Crippen LogP contribution in [-0.4, -0.2) is 24.7 Å². The van der Waals surface area contributed by atoms with Gasteiger partial charge in [-0.2, -0.15) is 0 Å². The van der Waals surface area contributed by atoms with Crippen LogP contribution in [0.5, 0.6) is 0 Å². The summed E-state index contributed by atoms with van der Waals surface area (Å²) >= 11 is 0. The Bertz CT molecular complexity index is 488. The molecule has 1 aromatic carbocycles. The predicted molar refractivity (Wildman–Crippen MR) is 65.5 cm³/mol. The zero-order valence-corrected chi connectivity index (χ0v) is 10.7. The number of carboxylic acids is 1. The monoisotopic (exact) mass is 256 g/mol. The van der Waals surface area contributed by atoms with E-state index in [0.717, 1.165) is 12.0 Å². The number of rotatable bonds is 5. The summed E-state index contributed by atoms with van der Waals surface area (Å²) in [5.41, 5.74) is 1.74. The van der Waals surface area contributed by atoms with Gasteiger partial charge in [-0.15, -0.1) is 0 Å². The molecule has 1 unspecified atom stereocenters. The van der Waals surface area contributed by atoms with E-state index in [1.54, 1.807) is 12.1 Å². The molecular weight excluding hydrogens is 240 g/mol. The van der Waals surface area contributed by atoms with Gasteiger partial charge in [-0.05, 0) is 24.5 Å². The van der Waals surface area contributed by atoms with E-state index in [0.29, 0.717) is 5.56 Å². The highest BCUT2D eigenvalue weighted by Gasteiger charge is 2.27. The van der Waals surface area contributed by atoms with Crippen molar-refractivity contribution in [2.75, 3.05) is 0 Å². The van der Waals surface area contributed by atoms with E-state index in [1.165, 1.54) is 6.92 Å². The van der Waals surface area contributed by atoms with Crippen LogP contribution >= 0.6 is 0 Å². The van der Waals surface area contributed by atoms with Crippen LogP contribution in [0.4, 0.5) is 0 Å². The molecule has 1 aromatic rings. The fourth-order valence-corrected chi connectivity index (χ4v) is 2.60. The van der Waals surface area contributed by atoms with Crippen molar-refractivity contribution in [3.8, 4) is 0 Å². The highest BCUT2D eigenvalue weighted by atomic mass is 32.2. The molecule has 0 aliphatic rings. The molecule has 0 aromatic heterocycles. The molecule has 0 bridgehead atoms. The minimum absolute atomic E-state index is 0.232. The van der Waals surface area contributed by atoms with Gasteiger partial charge in [-0.1, -0.05) is 31.2 Å². The fourth-order valence-electron chi connectivity index (χ4n) is 1.38. The van der Waals surface area contributed by atoms with E-state index in [9.17, 15) is 13.2 Å². The molecule has 0 heterocycles. The van der Waals surface area contributed by atoms with Crippen LogP contribution in [0.1, 0.15) is 25.0 Å². The van der Waals surface area contributed by atoms with Crippen LogP contribution in [-0.2, 0) is 26.8 Å². The minimum atomic E-state index is -3.63. The summed E-state index contributed by atoms with van der Waals surface area (Å²) in [6.07, 6.45) is 0.887. The molecule has 17 heavy (non-hydrogen) atoms. The average Bonchev–Trinajstić information content (AvgIpc) is 2.28. The van der Waals surface area contributed by atoms with Crippen LogP contribution < -0.4 is 0 Å². The largest absolute Gasteiger partial charge is 0.480 e. The molecule has 1 rings (SSSR count). The molecule has 4 nitrogen and oxygen atoms in total. The Morgan fingerprint density at radius 3 is 2.12 bits per heavy atom. The Labute approximate surface area is 101 Å². The Kier molecular flexibility index (Phi) is 4.28. The lowest BCUT2D eigenvalue weighted by Gasteiger charge is -2.08. The first kappa shape index (κ1) is 13.7. The summed E-state index contributed by atoms with van der Waals surface area (Å²) < 4.78 is 23.4. The van der Waals surface area contributed by atoms with Gasteiger partial charge in [0.15, 0.2) is 15.1 Å². The molecule has 5 heteroatoms. The summed E-state index contributed by atoms with van der Waals surface area (Å²) in [5, 5.41) is 7.33. The third-order valence-electron chi connectivity index (χ3n) is 2.69. The lowest BCUT2D eigenvalue weighted by Crippen LogP contribution is -2.28. The Hall–Kier alpha value is -1.36. The van der Waals surface area contributed by atoms with Crippen LogP contribution in [0.15, 0.2) is 24.3 Å². The molecule has 0 saturated heterocycles. The highest BCUT2D eigenvalue weighted by molar-refractivity contribution is 7.91. The van der Waals surface area contributed by atoms with Crippen molar-refractivity contribution in [3.63, 3.8) is 0 Å². The van der Waals surface area contributed by atoms with Gasteiger partial charge in [0.2, 0.25) is 0 Å². The third kappa shape index (κ3) is 3.56. The van der Waals surface area contributed by atoms with Crippen molar-refractivity contribution in [1.82, 2.24) is 0 Å². The average molecular weight is 256 g/mol. The zero-order valence-electron chi connectivity index (χ0n) is 9.88. The molecule has 0 fully saturated rings. The maximum atomic E-state index is 11.7. The number of aryl methyl sites for hydroxylation is 1. The van der Waals surface area contributed by atoms with Crippen LogP contribution in [0.3, 0.4) is 0 Å². The molecule has 94 valence electrons. The molecule has 0 aliphatic heterocycles. The normalized spacial score (nSPS) is 13.3. The number of hydrogen-bond acceptors (Lipinski definition) is 3. The van der Waals surface area contributed by atoms with Crippen LogP contribution in [0, 0.1) is 0 Å². The van der Waals surface area contributed by atoms with Crippen LogP contribution in [0.2, 0.25) is 0 Å². The van der Waals surface area contributed by atoms with Crippen molar-refractivity contribution in [1.29, 1.82) is 0 Å². The van der Waals surface area contributed by atoms with Crippen molar-refractivity contribution < 1.29 is 18.3 Å². The fraction of sp³-hybridized carbons (Fsp3) is 0.417. The second-order valence-corrected chi connectivity index (χ2v) is 6.28. The van der Waals surface area contributed by atoms with Gasteiger partial charge in [0.05, 0.1) is 5.75 Å². The van der Waals surface area contributed by atoms with E-state index >= 15 is 0 Å². The lowest BCUT2D eigenvalue weighted by molar-refractivity contribution is -0.136. The number of aliphatic carboxylic acids is 1. The topological polar surface area (TPSA) is 71.4 Å². The summed E-state index contributed by atoms with van der Waals surface area (Å²) in [7, 11) is -3.63. The molecule has 0 radical (unpaired) electrons. The van der Waals surface area contributed by atoms with E-state index in [1.807, 2.05) is 19.1 Å². The molecule has 0 spiro atoms. The molecule has 0 aliphatic carbocycles. The summed E-state index contributed by atoms with van der Waals surface area (Å²) in [5.74, 6) is -1.54. The maximum absolute atomic E-state index is 11.7. The summed E-state index contributed by atoms with van der Waals surface area (Å²) in [4.78, 5) is 10.7. The van der Waals surface area contributed by atoms with Gasteiger partial charge < -0.3 is 5.11 Å².